The molecular formula is C15H16BrNO. The minimum Gasteiger partial charge on any atom is -0.496 e. The quantitative estimate of drug-likeness (QED) is 0.908. The normalized spacial score (nSPS) is 10.3. The molecule has 0 spiro atoms. The number of hydrogen-bond donors (Lipinski definition) is 1. The second-order valence-electron chi connectivity index (χ2n) is 4.04. The molecule has 0 atom stereocenters. The van der Waals surface area contributed by atoms with Gasteiger partial charge in [-0.05, 0) is 23.8 Å². The summed E-state index contributed by atoms with van der Waals surface area (Å²) in [4.78, 5) is 0. The van der Waals surface area contributed by atoms with Gasteiger partial charge in [0, 0.05) is 23.1 Å². The van der Waals surface area contributed by atoms with Crippen LogP contribution in [0, 0.1) is 0 Å². The number of ether oxygens (including phenoxy) is 1. The Balaban J connectivity index is 1.90. The maximum atomic E-state index is 5.32. The number of hydrogen-bond acceptors (Lipinski definition) is 2. The van der Waals surface area contributed by atoms with Crippen molar-refractivity contribution >= 4 is 15.9 Å². The van der Waals surface area contributed by atoms with Crippen LogP contribution in [0.4, 0.5) is 0 Å². The summed E-state index contributed by atoms with van der Waals surface area (Å²) < 4.78 is 6.43. The largest absolute Gasteiger partial charge is 0.496 e. The lowest BCUT2D eigenvalue weighted by Gasteiger charge is -2.09. The van der Waals surface area contributed by atoms with Crippen LogP contribution in [0.15, 0.2) is 53.0 Å². The van der Waals surface area contributed by atoms with Gasteiger partial charge in [-0.15, -0.1) is 0 Å². The van der Waals surface area contributed by atoms with E-state index in [0.717, 1.165) is 23.3 Å². The van der Waals surface area contributed by atoms with Crippen LogP contribution >= 0.6 is 15.9 Å². The topological polar surface area (TPSA) is 21.3 Å². The molecule has 2 aromatic carbocycles. The number of nitrogens with one attached hydrogen (secondary N) is 1. The molecule has 2 aromatic rings. The molecule has 0 saturated carbocycles. The number of methoxy groups -OCH3 is 1. The lowest BCUT2D eigenvalue weighted by atomic mass is 10.2. The first-order valence-corrected chi connectivity index (χ1v) is 6.66. The molecule has 0 aliphatic carbocycles. The Hall–Kier alpha value is -1.32. The van der Waals surface area contributed by atoms with Crippen LogP contribution in [-0.2, 0) is 13.1 Å². The molecule has 0 fully saturated rings. The van der Waals surface area contributed by atoms with Crippen molar-refractivity contribution in [3.05, 3.63) is 64.1 Å². The number of rotatable bonds is 5. The highest BCUT2D eigenvalue weighted by Gasteiger charge is 2.00. The monoisotopic (exact) mass is 305 g/mol. The smallest absolute Gasteiger partial charge is 0.123 e. The zero-order valence-electron chi connectivity index (χ0n) is 10.3. The summed E-state index contributed by atoms with van der Waals surface area (Å²) in [6, 6.07) is 16.4. The molecule has 0 aliphatic rings. The molecule has 94 valence electrons. The molecule has 0 aliphatic heterocycles. The third-order valence-electron chi connectivity index (χ3n) is 2.75. The summed E-state index contributed by atoms with van der Waals surface area (Å²) in [5, 5.41) is 3.42. The highest BCUT2D eigenvalue weighted by atomic mass is 79.9. The second kappa shape index (κ2) is 6.57. The highest BCUT2D eigenvalue weighted by Crippen LogP contribution is 2.17. The first-order chi connectivity index (χ1) is 8.79. The van der Waals surface area contributed by atoms with E-state index in [0.29, 0.717) is 0 Å². The van der Waals surface area contributed by atoms with E-state index in [1.165, 1.54) is 11.1 Å². The SMILES string of the molecule is COc1ccccc1CNCc1ccc(Br)cc1. The van der Waals surface area contributed by atoms with Crippen molar-refractivity contribution in [2.75, 3.05) is 7.11 Å². The van der Waals surface area contributed by atoms with E-state index in [9.17, 15) is 0 Å². The van der Waals surface area contributed by atoms with E-state index in [1.54, 1.807) is 7.11 Å². The first-order valence-electron chi connectivity index (χ1n) is 5.86. The van der Waals surface area contributed by atoms with E-state index in [2.05, 4.69) is 51.6 Å². The molecule has 0 heterocycles. The molecule has 0 bridgehead atoms. The predicted molar refractivity (Wildman–Crippen MR) is 77.7 cm³/mol. The van der Waals surface area contributed by atoms with Crippen molar-refractivity contribution in [2.24, 2.45) is 0 Å². The fourth-order valence-corrected chi connectivity index (χ4v) is 2.06. The van der Waals surface area contributed by atoms with Gasteiger partial charge in [-0.2, -0.15) is 0 Å². The van der Waals surface area contributed by atoms with Gasteiger partial charge < -0.3 is 10.1 Å². The fraction of sp³-hybridized carbons (Fsp3) is 0.200. The van der Waals surface area contributed by atoms with E-state index in [1.807, 2.05) is 18.2 Å². The lowest BCUT2D eigenvalue weighted by molar-refractivity contribution is 0.407. The Bertz CT molecular complexity index is 496. The summed E-state index contributed by atoms with van der Waals surface area (Å²) in [7, 11) is 1.70. The van der Waals surface area contributed by atoms with Crippen LogP contribution in [0.3, 0.4) is 0 Å². The van der Waals surface area contributed by atoms with Gasteiger partial charge in [0.2, 0.25) is 0 Å². The first kappa shape index (κ1) is 13.1. The maximum Gasteiger partial charge on any atom is 0.123 e. The zero-order valence-corrected chi connectivity index (χ0v) is 11.9. The van der Waals surface area contributed by atoms with Crippen molar-refractivity contribution in [1.29, 1.82) is 0 Å². The average molecular weight is 306 g/mol. The van der Waals surface area contributed by atoms with Crippen LogP contribution in [-0.4, -0.2) is 7.11 Å². The van der Waals surface area contributed by atoms with Crippen LogP contribution in [0.1, 0.15) is 11.1 Å². The van der Waals surface area contributed by atoms with Crippen molar-refractivity contribution in [2.45, 2.75) is 13.1 Å². The van der Waals surface area contributed by atoms with Gasteiger partial charge in [-0.1, -0.05) is 46.3 Å². The molecule has 0 radical (unpaired) electrons. The Morgan fingerprint density at radius 1 is 1.00 bits per heavy atom. The maximum absolute atomic E-state index is 5.32. The molecule has 2 nitrogen and oxygen atoms in total. The molecule has 1 N–H and O–H groups in total. The molecule has 2 rings (SSSR count). The van der Waals surface area contributed by atoms with Crippen molar-refractivity contribution in [3.8, 4) is 5.75 Å². The van der Waals surface area contributed by atoms with Crippen LogP contribution in [0.25, 0.3) is 0 Å². The standard InChI is InChI=1S/C15H16BrNO/c1-18-15-5-3-2-4-13(15)11-17-10-12-6-8-14(16)9-7-12/h2-9,17H,10-11H2,1H3. The summed E-state index contributed by atoms with van der Waals surface area (Å²) >= 11 is 3.43. The van der Waals surface area contributed by atoms with E-state index < -0.39 is 0 Å². The predicted octanol–water partition coefficient (Wildman–Crippen LogP) is 3.75. The van der Waals surface area contributed by atoms with Crippen molar-refractivity contribution < 1.29 is 4.74 Å². The molecule has 0 aromatic heterocycles. The summed E-state index contributed by atoms with van der Waals surface area (Å²) in [6.07, 6.45) is 0. The zero-order chi connectivity index (χ0) is 12.8. The van der Waals surface area contributed by atoms with Crippen molar-refractivity contribution in [1.82, 2.24) is 5.32 Å². The van der Waals surface area contributed by atoms with E-state index in [4.69, 9.17) is 4.74 Å². The third-order valence-corrected chi connectivity index (χ3v) is 3.28. The van der Waals surface area contributed by atoms with Crippen molar-refractivity contribution in [3.63, 3.8) is 0 Å². The van der Waals surface area contributed by atoms with Gasteiger partial charge in [0.05, 0.1) is 7.11 Å². The fourth-order valence-electron chi connectivity index (χ4n) is 1.79. The molecule has 0 saturated heterocycles. The Morgan fingerprint density at radius 2 is 1.72 bits per heavy atom. The second-order valence-corrected chi connectivity index (χ2v) is 4.96. The molecular weight excluding hydrogens is 290 g/mol. The Morgan fingerprint density at radius 3 is 2.44 bits per heavy atom. The molecule has 0 amide bonds. The lowest BCUT2D eigenvalue weighted by Crippen LogP contribution is -2.13. The van der Waals surface area contributed by atoms with Crippen LogP contribution in [0.5, 0.6) is 5.75 Å². The van der Waals surface area contributed by atoms with Gasteiger partial charge >= 0.3 is 0 Å². The number of halogens is 1. The molecule has 3 heteroatoms. The Labute approximate surface area is 116 Å². The third kappa shape index (κ3) is 3.59. The Kier molecular flexibility index (Phi) is 4.79. The van der Waals surface area contributed by atoms with Gasteiger partial charge in [0.15, 0.2) is 0 Å². The molecule has 0 unspecified atom stereocenters. The van der Waals surface area contributed by atoms with E-state index in [-0.39, 0.29) is 0 Å². The highest BCUT2D eigenvalue weighted by molar-refractivity contribution is 9.10. The summed E-state index contributed by atoms with van der Waals surface area (Å²) in [5.41, 5.74) is 2.45. The number of benzene rings is 2. The van der Waals surface area contributed by atoms with Crippen LogP contribution in [0.2, 0.25) is 0 Å². The average Bonchev–Trinajstić information content (AvgIpc) is 2.41. The van der Waals surface area contributed by atoms with Gasteiger partial charge in [0.1, 0.15) is 5.75 Å². The summed E-state index contributed by atoms with van der Waals surface area (Å²) in [6.45, 7) is 1.66. The van der Waals surface area contributed by atoms with Gasteiger partial charge in [-0.3, -0.25) is 0 Å². The van der Waals surface area contributed by atoms with Crippen LogP contribution < -0.4 is 10.1 Å². The van der Waals surface area contributed by atoms with E-state index >= 15 is 0 Å². The van der Waals surface area contributed by atoms with Gasteiger partial charge in [-0.25, -0.2) is 0 Å². The number of para-hydroxylation sites is 1. The summed E-state index contributed by atoms with van der Waals surface area (Å²) in [5.74, 6) is 0.931. The van der Waals surface area contributed by atoms with Gasteiger partial charge in [0.25, 0.3) is 0 Å². The molecule has 18 heavy (non-hydrogen) atoms. The minimum atomic E-state index is 0.806. The minimum absolute atomic E-state index is 0.806.